The minimum Gasteiger partial charge on any atom is -0.321 e. The zero-order valence-corrected chi connectivity index (χ0v) is 12.0. The highest BCUT2D eigenvalue weighted by molar-refractivity contribution is 6.30. The van der Waals surface area contributed by atoms with Gasteiger partial charge in [-0.15, -0.1) is 0 Å². The van der Waals surface area contributed by atoms with Gasteiger partial charge in [0.25, 0.3) is 0 Å². The first-order valence-corrected chi connectivity index (χ1v) is 7.57. The first kappa shape index (κ1) is 13.9. The Morgan fingerprint density at radius 2 is 1.94 bits per heavy atom. The Labute approximate surface area is 116 Å². The van der Waals surface area contributed by atoms with E-state index in [1.807, 2.05) is 12.1 Å². The van der Waals surface area contributed by atoms with Crippen LogP contribution in [0.1, 0.15) is 57.4 Å². The van der Waals surface area contributed by atoms with Gasteiger partial charge in [-0.25, -0.2) is 0 Å². The van der Waals surface area contributed by atoms with E-state index in [0.29, 0.717) is 0 Å². The molecule has 0 radical (unpaired) electrons. The number of nitrogens with two attached hydrogens (primary N) is 1. The van der Waals surface area contributed by atoms with Gasteiger partial charge in [0.1, 0.15) is 0 Å². The van der Waals surface area contributed by atoms with Gasteiger partial charge < -0.3 is 5.73 Å². The summed E-state index contributed by atoms with van der Waals surface area (Å²) in [6, 6.07) is 8.12. The van der Waals surface area contributed by atoms with Crippen LogP contribution in [-0.4, -0.2) is 0 Å². The molecule has 1 aliphatic rings. The van der Waals surface area contributed by atoms with Crippen molar-refractivity contribution in [3.8, 4) is 0 Å². The lowest BCUT2D eigenvalue weighted by atomic mass is 9.83. The molecular formula is C16H24ClN. The molecule has 2 heteroatoms. The number of rotatable bonds is 3. The maximum atomic E-state index is 6.65. The molecule has 18 heavy (non-hydrogen) atoms. The van der Waals surface area contributed by atoms with Crippen molar-refractivity contribution < 1.29 is 0 Å². The lowest BCUT2D eigenvalue weighted by Gasteiger charge is -2.29. The maximum Gasteiger partial charge on any atom is 0.0409 e. The largest absolute Gasteiger partial charge is 0.321 e. The molecule has 2 rings (SSSR count). The van der Waals surface area contributed by atoms with Crippen LogP contribution in [0.5, 0.6) is 0 Å². The molecule has 2 atom stereocenters. The Balaban J connectivity index is 2.09. The van der Waals surface area contributed by atoms with Crippen molar-refractivity contribution in [2.45, 2.75) is 57.4 Å². The summed E-state index contributed by atoms with van der Waals surface area (Å²) >= 11 is 5.95. The molecule has 1 fully saturated rings. The summed E-state index contributed by atoms with van der Waals surface area (Å²) in [5.74, 6) is 0.882. The van der Waals surface area contributed by atoms with Crippen molar-refractivity contribution in [1.82, 2.24) is 0 Å². The first-order chi connectivity index (χ1) is 8.64. The van der Waals surface area contributed by atoms with Crippen LogP contribution in [0.15, 0.2) is 24.3 Å². The summed E-state index contributed by atoms with van der Waals surface area (Å²) in [6.45, 7) is 2.28. The minimum atomic E-state index is -0.132. The highest BCUT2D eigenvalue weighted by Crippen LogP contribution is 2.37. The lowest BCUT2D eigenvalue weighted by molar-refractivity contribution is 0.367. The number of hydrogen-bond donors (Lipinski definition) is 1. The molecule has 0 heterocycles. The topological polar surface area (TPSA) is 26.0 Å². The standard InChI is InChI=1S/C16H24ClN/c1-2-4-13-5-3-11-16(18,12-10-13)14-6-8-15(17)9-7-14/h6-9,13H,2-5,10-12,18H2,1H3. The number of hydrogen-bond acceptors (Lipinski definition) is 1. The van der Waals surface area contributed by atoms with Crippen molar-refractivity contribution in [2.24, 2.45) is 11.7 Å². The molecule has 0 spiro atoms. The molecule has 1 nitrogen and oxygen atoms in total. The fourth-order valence-corrected chi connectivity index (χ4v) is 3.33. The predicted octanol–water partition coefficient (Wildman–Crippen LogP) is 4.87. The van der Waals surface area contributed by atoms with E-state index in [9.17, 15) is 0 Å². The van der Waals surface area contributed by atoms with Crippen LogP contribution in [0, 0.1) is 5.92 Å². The quantitative estimate of drug-likeness (QED) is 0.775. The summed E-state index contributed by atoms with van der Waals surface area (Å²) in [5, 5.41) is 0.792. The van der Waals surface area contributed by atoms with Crippen LogP contribution in [0.25, 0.3) is 0 Å². The SMILES string of the molecule is CCCC1CCCC(N)(c2ccc(Cl)cc2)CC1. The average molecular weight is 266 g/mol. The van der Waals surface area contributed by atoms with E-state index in [-0.39, 0.29) is 5.54 Å². The first-order valence-electron chi connectivity index (χ1n) is 7.19. The van der Waals surface area contributed by atoms with Crippen LogP contribution < -0.4 is 5.73 Å². The lowest BCUT2D eigenvalue weighted by Crippen LogP contribution is -2.36. The molecule has 1 saturated carbocycles. The highest BCUT2D eigenvalue weighted by atomic mass is 35.5. The molecule has 100 valence electrons. The van der Waals surface area contributed by atoms with E-state index in [0.717, 1.165) is 23.8 Å². The Bertz CT molecular complexity index is 373. The van der Waals surface area contributed by atoms with Gasteiger partial charge in [0, 0.05) is 10.6 Å². The second kappa shape index (κ2) is 6.08. The molecule has 1 aromatic carbocycles. The third-order valence-corrected chi connectivity index (χ3v) is 4.60. The van der Waals surface area contributed by atoms with Crippen molar-refractivity contribution in [1.29, 1.82) is 0 Å². The van der Waals surface area contributed by atoms with Gasteiger partial charge in [0.05, 0.1) is 0 Å². The van der Waals surface area contributed by atoms with Crippen molar-refractivity contribution in [2.75, 3.05) is 0 Å². The van der Waals surface area contributed by atoms with Crippen LogP contribution in [0.3, 0.4) is 0 Å². The normalized spacial score (nSPS) is 28.9. The second-order valence-corrected chi connectivity index (χ2v) is 6.19. The van der Waals surface area contributed by atoms with E-state index >= 15 is 0 Å². The molecule has 2 unspecified atom stereocenters. The monoisotopic (exact) mass is 265 g/mol. The Morgan fingerprint density at radius 3 is 2.61 bits per heavy atom. The van der Waals surface area contributed by atoms with Crippen LogP contribution in [0.4, 0.5) is 0 Å². The number of halogens is 1. The highest BCUT2D eigenvalue weighted by Gasteiger charge is 2.30. The maximum absolute atomic E-state index is 6.65. The molecule has 0 aliphatic heterocycles. The van der Waals surface area contributed by atoms with Crippen molar-refractivity contribution in [3.05, 3.63) is 34.9 Å². The summed E-state index contributed by atoms with van der Waals surface area (Å²) < 4.78 is 0. The van der Waals surface area contributed by atoms with Gasteiger partial charge in [-0.2, -0.15) is 0 Å². The minimum absolute atomic E-state index is 0.132. The zero-order valence-electron chi connectivity index (χ0n) is 11.3. The third-order valence-electron chi connectivity index (χ3n) is 4.35. The molecular weight excluding hydrogens is 242 g/mol. The van der Waals surface area contributed by atoms with Crippen LogP contribution >= 0.6 is 11.6 Å². The Hall–Kier alpha value is -0.530. The average Bonchev–Trinajstić information content (AvgIpc) is 2.54. The summed E-state index contributed by atoms with van der Waals surface area (Å²) in [6.07, 6.45) is 8.74. The second-order valence-electron chi connectivity index (χ2n) is 5.75. The Kier molecular flexibility index (Phi) is 4.69. The summed E-state index contributed by atoms with van der Waals surface area (Å²) in [7, 11) is 0. The van der Waals surface area contributed by atoms with Crippen molar-refractivity contribution >= 4 is 11.6 Å². The molecule has 1 aromatic rings. The van der Waals surface area contributed by atoms with Crippen LogP contribution in [-0.2, 0) is 5.54 Å². The van der Waals surface area contributed by atoms with E-state index in [2.05, 4.69) is 19.1 Å². The number of benzene rings is 1. The Morgan fingerprint density at radius 1 is 1.22 bits per heavy atom. The molecule has 0 aromatic heterocycles. The molecule has 0 saturated heterocycles. The van der Waals surface area contributed by atoms with Gasteiger partial charge in [-0.05, 0) is 42.9 Å². The van der Waals surface area contributed by atoms with E-state index in [1.54, 1.807) is 0 Å². The fourth-order valence-electron chi connectivity index (χ4n) is 3.20. The van der Waals surface area contributed by atoms with Gasteiger partial charge in [-0.1, -0.05) is 56.3 Å². The van der Waals surface area contributed by atoms with Crippen LogP contribution in [0.2, 0.25) is 5.02 Å². The molecule has 2 N–H and O–H groups in total. The molecule has 0 bridgehead atoms. The predicted molar refractivity (Wildman–Crippen MR) is 78.8 cm³/mol. The molecule has 0 amide bonds. The van der Waals surface area contributed by atoms with Crippen molar-refractivity contribution in [3.63, 3.8) is 0 Å². The van der Waals surface area contributed by atoms with E-state index < -0.39 is 0 Å². The van der Waals surface area contributed by atoms with Gasteiger partial charge in [-0.3, -0.25) is 0 Å². The van der Waals surface area contributed by atoms with E-state index in [4.69, 9.17) is 17.3 Å². The fraction of sp³-hybridized carbons (Fsp3) is 0.625. The smallest absolute Gasteiger partial charge is 0.0409 e. The van der Waals surface area contributed by atoms with Gasteiger partial charge in [0.15, 0.2) is 0 Å². The summed E-state index contributed by atoms with van der Waals surface area (Å²) in [5.41, 5.74) is 7.77. The third kappa shape index (κ3) is 3.27. The van der Waals surface area contributed by atoms with Gasteiger partial charge >= 0.3 is 0 Å². The summed E-state index contributed by atoms with van der Waals surface area (Å²) in [4.78, 5) is 0. The molecule has 1 aliphatic carbocycles. The van der Waals surface area contributed by atoms with E-state index in [1.165, 1.54) is 37.7 Å². The van der Waals surface area contributed by atoms with Gasteiger partial charge in [0.2, 0.25) is 0 Å². The zero-order chi connectivity index (χ0) is 13.0.